The predicted molar refractivity (Wildman–Crippen MR) is 420 cm³/mol. The number of amides is 3. The largest absolute Gasteiger partial charge is 0.388 e. The normalized spacial score (nSPS) is 18.0. The van der Waals surface area contributed by atoms with Crippen molar-refractivity contribution in [3.8, 4) is 33.8 Å². The maximum atomic E-state index is 13.6. The Morgan fingerprint density at radius 3 is 1.35 bits per heavy atom. The van der Waals surface area contributed by atoms with Crippen LogP contribution in [-0.4, -0.2) is 165 Å². The van der Waals surface area contributed by atoms with E-state index in [4.69, 9.17) is 14.2 Å². The van der Waals surface area contributed by atoms with Crippen LogP contribution in [0.25, 0.3) is 50.7 Å². The van der Waals surface area contributed by atoms with Crippen molar-refractivity contribution in [2.45, 2.75) is 110 Å². The highest BCUT2D eigenvalue weighted by Gasteiger charge is 2.36. The van der Waals surface area contributed by atoms with Crippen LogP contribution in [0.4, 0.5) is 59.1 Å². The van der Waals surface area contributed by atoms with Gasteiger partial charge in [0.25, 0.3) is 24.1 Å². The number of aromatic nitrogens is 9. The van der Waals surface area contributed by atoms with Crippen molar-refractivity contribution in [2.75, 3.05) is 84.8 Å². The molecular weight excluding hydrogens is 1430 g/mol. The lowest BCUT2D eigenvalue weighted by Gasteiger charge is -2.39. The van der Waals surface area contributed by atoms with Crippen molar-refractivity contribution >= 4 is 80.6 Å². The summed E-state index contributed by atoms with van der Waals surface area (Å²) >= 11 is 0. The molecule has 0 unspecified atom stereocenters. The van der Waals surface area contributed by atoms with Crippen LogP contribution in [0.5, 0.6) is 0 Å². The molecule has 29 heteroatoms. The van der Waals surface area contributed by atoms with E-state index in [-0.39, 0.29) is 53.5 Å². The minimum Gasteiger partial charge on any atom is -0.388 e. The van der Waals surface area contributed by atoms with Gasteiger partial charge in [-0.2, -0.15) is 0 Å². The number of hydrogen-bond donors (Lipinski definition) is 8. The Labute approximate surface area is 643 Å². The number of nitrogens with one attached hydrogen (secondary N) is 6. The van der Waals surface area contributed by atoms with E-state index in [1.165, 1.54) is 24.3 Å². The van der Waals surface area contributed by atoms with Gasteiger partial charge in [0, 0.05) is 118 Å². The average Bonchev–Trinajstić information content (AvgIpc) is 1.61. The number of aryl methyl sites for hydroxylation is 1. The zero-order valence-electron chi connectivity index (χ0n) is 62.8. The highest BCUT2D eigenvalue weighted by atomic mass is 19.3. The third-order valence-corrected chi connectivity index (χ3v) is 21.5. The number of carbonyl (C=O) groups excluding carboxylic acids is 3. The average molecular weight is 1520 g/mol. The smallest absolute Gasteiger partial charge is 0.264 e. The van der Waals surface area contributed by atoms with Crippen molar-refractivity contribution < 1.29 is 52.0 Å². The van der Waals surface area contributed by atoms with Crippen molar-refractivity contribution in [3.63, 3.8) is 0 Å². The summed E-state index contributed by atoms with van der Waals surface area (Å²) in [5.41, 5.74) is 15.5. The van der Waals surface area contributed by atoms with Gasteiger partial charge in [-0.15, -0.1) is 0 Å². The first-order valence-corrected chi connectivity index (χ1v) is 37.3. The summed E-state index contributed by atoms with van der Waals surface area (Å²) in [5, 5.41) is 39.4. The highest BCUT2D eigenvalue weighted by Crippen LogP contribution is 2.41. The van der Waals surface area contributed by atoms with Gasteiger partial charge >= 0.3 is 0 Å². The van der Waals surface area contributed by atoms with Gasteiger partial charge in [-0.1, -0.05) is 24.3 Å². The van der Waals surface area contributed by atoms with E-state index >= 15 is 0 Å². The van der Waals surface area contributed by atoms with Gasteiger partial charge in [-0.3, -0.25) is 32.5 Å². The minimum atomic E-state index is -2.58. The second kappa shape index (κ2) is 30.4. The van der Waals surface area contributed by atoms with Crippen LogP contribution in [0.1, 0.15) is 118 Å². The summed E-state index contributed by atoms with van der Waals surface area (Å²) in [6, 6.07) is 33.1. The summed E-state index contributed by atoms with van der Waals surface area (Å²) in [4.78, 5) is 72.2. The molecule has 3 saturated heterocycles. The zero-order valence-corrected chi connectivity index (χ0v) is 62.8. The van der Waals surface area contributed by atoms with Gasteiger partial charge in [-0.25, -0.2) is 43.1 Å². The molecule has 0 bridgehead atoms. The third kappa shape index (κ3) is 15.0. The molecule has 4 atom stereocenters. The topological polar surface area (TPSA) is 292 Å². The van der Waals surface area contributed by atoms with E-state index in [2.05, 4.69) is 102 Å². The fourth-order valence-electron chi connectivity index (χ4n) is 15.3. The lowest BCUT2D eigenvalue weighted by molar-refractivity contribution is -0.0928. The lowest BCUT2D eigenvalue weighted by atomic mass is 9.99. The molecule has 12 aromatic rings. The number of benzene rings is 3. The summed E-state index contributed by atoms with van der Waals surface area (Å²) in [6.45, 7) is 20.8. The molecule has 576 valence electrons. The van der Waals surface area contributed by atoms with E-state index in [0.717, 1.165) is 99.2 Å². The quantitative estimate of drug-likeness (QED) is 0.0446. The second-order valence-corrected chi connectivity index (χ2v) is 29.9. The van der Waals surface area contributed by atoms with E-state index in [1.807, 2.05) is 113 Å². The van der Waals surface area contributed by atoms with Crippen LogP contribution in [0.2, 0.25) is 0 Å². The fraction of sp³-hybridized carbons (Fsp3) is 0.313. The van der Waals surface area contributed by atoms with Crippen LogP contribution in [0.3, 0.4) is 0 Å². The molecule has 0 radical (unpaired) electrons. The highest BCUT2D eigenvalue weighted by molar-refractivity contribution is 6.08. The molecule has 8 N–H and O–H groups in total. The number of aliphatic hydroxyl groups is 2. The summed E-state index contributed by atoms with van der Waals surface area (Å²) in [7, 11) is 0. The van der Waals surface area contributed by atoms with Gasteiger partial charge in [-0.05, 0) is 155 Å². The van der Waals surface area contributed by atoms with E-state index in [0.29, 0.717) is 121 Å². The third-order valence-electron chi connectivity index (χ3n) is 21.5. The molecule has 6 aliphatic heterocycles. The number of imidazole rings is 3. The number of hydrogen-bond acceptors (Lipinski definition) is 20. The van der Waals surface area contributed by atoms with E-state index in [1.54, 1.807) is 63.1 Å². The van der Waals surface area contributed by atoms with E-state index in [9.17, 15) is 37.8 Å². The molecule has 3 amide bonds. The lowest BCUT2D eigenvalue weighted by Crippen LogP contribution is -2.52. The van der Waals surface area contributed by atoms with Crippen LogP contribution in [0.15, 0.2) is 165 Å². The fourth-order valence-corrected chi connectivity index (χ4v) is 15.3. The first-order chi connectivity index (χ1) is 53.9. The van der Waals surface area contributed by atoms with Crippen molar-refractivity contribution in [2.24, 2.45) is 0 Å². The summed E-state index contributed by atoms with van der Waals surface area (Å²) in [6.07, 6.45) is 13.0. The monoisotopic (exact) mass is 1520 g/mol. The summed E-state index contributed by atoms with van der Waals surface area (Å²) < 4.78 is 62.6. The number of fused-ring (bicyclic) bond motifs is 6. The Morgan fingerprint density at radius 2 is 0.920 bits per heavy atom. The van der Waals surface area contributed by atoms with Crippen LogP contribution >= 0.6 is 0 Å². The molecule has 15 heterocycles. The second-order valence-electron chi connectivity index (χ2n) is 29.9. The maximum absolute atomic E-state index is 13.6. The number of carbonyl (C=O) groups is 3. The Bertz CT molecular complexity index is 5570. The van der Waals surface area contributed by atoms with Gasteiger partial charge in [0.2, 0.25) is 0 Å². The first kappa shape index (κ1) is 74.2. The molecule has 9 aromatic heterocycles. The standard InChI is InChI=1S/C28H28F2N6O3.C28H30N6O3.C27H27FN6O2/c1-28(2,38)22-15-35(9-10-39-22)17-3-6-23(31-12-17)34-20-5-4-18(19-13-33-27(37)25(19)20)21-14-32-24-11-16(26(29)30)7-8-36(21)24;1-17-8-9-34-22(15-30-25(34)12-17)19-5-6-21(26-20(19)14-31-27(26)35)32-24-7-4-18(13-29-24)33-10-11-37-23(16-33)28(2,3)36;1-16-15-33(9-10-36-16)17(2)18-3-6-24(29-12-18)32-22-5-4-20(21-13-31-27(35)26(21)22)23-14-30-25-11-19(28)7-8-34(23)25/h3-8,11-12,14,22,26,38H,9-10,13,15H2,1-2H3,(H,31,34)(H,33,37);4-9,12-13,15,23,36H,10-11,14,16H2,1-3H3,(H,29,32)(H,31,35);3-8,11-12,14,16-17H,9-10,13,15H2,1-2H3,(H,29,32)(H,31,35)/t22-;23-;16-,17-/m000/s1. The number of morpholine rings is 3. The van der Waals surface area contributed by atoms with Crippen molar-refractivity contribution in [1.29, 1.82) is 0 Å². The number of anilines is 8. The van der Waals surface area contributed by atoms with E-state index < -0.39 is 17.6 Å². The Kier molecular flexibility index (Phi) is 20.2. The van der Waals surface area contributed by atoms with Crippen molar-refractivity contribution in [3.05, 3.63) is 221 Å². The minimum absolute atomic E-state index is 0.0922. The van der Waals surface area contributed by atoms with Crippen LogP contribution < -0.4 is 41.7 Å². The van der Waals surface area contributed by atoms with Gasteiger partial charge in [0.15, 0.2) is 0 Å². The first-order valence-electron chi connectivity index (χ1n) is 37.3. The predicted octanol–water partition coefficient (Wildman–Crippen LogP) is 12.3. The van der Waals surface area contributed by atoms with Crippen LogP contribution in [0, 0.1) is 12.7 Å². The Hall–Kier alpha value is -11.9. The van der Waals surface area contributed by atoms with Gasteiger partial charge in [0.1, 0.15) is 52.4 Å². The molecule has 18 rings (SSSR count). The molecule has 26 nitrogen and oxygen atoms in total. The maximum Gasteiger partial charge on any atom is 0.264 e. The molecule has 0 aliphatic carbocycles. The number of pyridine rings is 6. The molecule has 112 heavy (non-hydrogen) atoms. The van der Waals surface area contributed by atoms with Crippen molar-refractivity contribution in [1.82, 2.24) is 64.0 Å². The van der Waals surface area contributed by atoms with Gasteiger partial charge in [0.05, 0.1) is 130 Å². The molecule has 3 aromatic carbocycles. The Balaban J connectivity index is 0.000000127. The zero-order chi connectivity index (χ0) is 77.9. The Morgan fingerprint density at radius 1 is 0.491 bits per heavy atom. The van der Waals surface area contributed by atoms with Gasteiger partial charge < -0.3 is 66.1 Å². The number of alkyl halides is 2. The molecule has 0 spiro atoms. The number of ether oxygens (including phenoxy) is 3. The molecule has 0 saturated carbocycles. The molecule has 6 aliphatic rings. The van der Waals surface area contributed by atoms with Crippen LogP contribution in [-0.2, 0) is 33.8 Å². The SMILES string of the molecule is CC(C)(O)[C@@H]1CN(c2ccc(Nc3ccc(-c4cnc5cc(C(F)F)ccn45)c4c3C(=O)NC4)nc2)CCO1.C[C@H]1CN([C@@H](C)c2ccc(Nc3ccc(-c4cnc5cc(F)ccn45)c4c3C(=O)NC4)nc2)CCO1.Cc1ccn2c(-c3ccc(Nc4ccc(N5CCO[C@H](C(C)(C)O)C5)cn4)c4c3CNC4=O)cnc2c1. The number of halogens is 3. The summed E-state index contributed by atoms with van der Waals surface area (Å²) in [5.74, 6) is 1.11. The molecular formula is C83H85F3N18O8. The number of rotatable bonds is 16. The number of nitrogens with zero attached hydrogens (tertiary/aromatic N) is 12. The molecule has 3 fully saturated rings.